The molecular formula is C13H12Cl2N6O. The Morgan fingerprint density at radius 1 is 1.23 bits per heavy atom. The van der Waals surface area contributed by atoms with Crippen molar-refractivity contribution in [3.63, 3.8) is 0 Å². The van der Waals surface area contributed by atoms with E-state index in [0.29, 0.717) is 10.7 Å². The normalized spacial score (nSPS) is 11.1. The van der Waals surface area contributed by atoms with Crippen LogP contribution in [0, 0.1) is 0 Å². The minimum atomic E-state index is -0.423. The van der Waals surface area contributed by atoms with Crippen molar-refractivity contribution in [3.05, 3.63) is 40.0 Å². The first-order valence-electron chi connectivity index (χ1n) is 6.42. The van der Waals surface area contributed by atoms with Crippen molar-refractivity contribution in [3.8, 4) is 0 Å². The highest BCUT2D eigenvalue weighted by molar-refractivity contribution is 6.35. The molecule has 0 aliphatic carbocycles. The molecule has 22 heavy (non-hydrogen) atoms. The Morgan fingerprint density at radius 2 is 2.00 bits per heavy atom. The lowest BCUT2D eigenvalue weighted by molar-refractivity contribution is 0.0940. The standard InChI is InChI=1S/C13H12Cl2N6O/c1-20-9-5-3-4-7(14)10(9)8(18-20)6-16-12(22)11-17-13(15)21(2)19-11/h3-5H,6H2,1-2H3,(H,16,22). The van der Waals surface area contributed by atoms with E-state index in [1.54, 1.807) is 17.8 Å². The SMILES string of the molecule is Cn1nc(C(=O)NCc2nn(C)c3cccc(Cl)c23)nc1Cl. The monoisotopic (exact) mass is 338 g/mol. The molecule has 1 N–H and O–H groups in total. The summed E-state index contributed by atoms with van der Waals surface area (Å²) in [5.41, 5.74) is 1.58. The van der Waals surface area contributed by atoms with E-state index in [1.165, 1.54) is 4.68 Å². The van der Waals surface area contributed by atoms with Crippen LogP contribution in [0.3, 0.4) is 0 Å². The molecule has 0 spiro atoms. The van der Waals surface area contributed by atoms with Gasteiger partial charge in [0.25, 0.3) is 5.91 Å². The number of hydrogen-bond donors (Lipinski definition) is 1. The van der Waals surface area contributed by atoms with E-state index >= 15 is 0 Å². The van der Waals surface area contributed by atoms with E-state index in [1.807, 2.05) is 19.2 Å². The van der Waals surface area contributed by atoms with Crippen molar-refractivity contribution in [1.29, 1.82) is 0 Å². The Hall–Kier alpha value is -2.12. The predicted molar refractivity (Wildman–Crippen MR) is 82.9 cm³/mol. The minimum Gasteiger partial charge on any atom is -0.344 e. The Labute approximate surface area is 135 Å². The molecule has 0 aliphatic rings. The van der Waals surface area contributed by atoms with Gasteiger partial charge in [0.2, 0.25) is 11.1 Å². The number of nitrogens with zero attached hydrogens (tertiary/aromatic N) is 5. The fraction of sp³-hybridized carbons (Fsp3) is 0.231. The molecule has 0 fully saturated rings. The highest BCUT2D eigenvalue weighted by Gasteiger charge is 2.16. The van der Waals surface area contributed by atoms with Crippen molar-refractivity contribution in [2.75, 3.05) is 0 Å². The highest BCUT2D eigenvalue weighted by Crippen LogP contribution is 2.26. The predicted octanol–water partition coefficient (Wildman–Crippen LogP) is 1.94. The molecule has 0 atom stereocenters. The zero-order chi connectivity index (χ0) is 15.9. The van der Waals surface area contributed by atoms with Gasteiger partial charge in [-0.15, -0.1) is 5.10 Å². The molecule has 0 radical (unpaired) electrons. The summed E-state index contributed by atoms with van der Waals surface area (Å²) in [5, 5.41) is 12.6. The summed E-state index contributed by atoms with van der Waals surface area (Å²) in [6, 6.07) is 5.56. The number of halogens is 2. The molecule has 1 amide bonds. The van der Waals surface area contributed by atoms with Crippen LogP contribution in [0.4, 0.5) is 0 Å². The molecule has 0 saturated carbocycles. The van der Waals surface area contributed by atoms with Crippen molar-refractivity contribution in [1.82, 2.24) is 29.9 Å². The van der Waals surface area contributed by atoms with Gasteiger partial charge in [-0.3, -0.25) is 9.48 Å². The molecule has 0 bridgehead atoms. The molecule has 2 aromatic heterocycles. The van der Waals surface area contributed by atoms with Gasteiger partial charge in [-0.05, 0) is 23.7 Å². The van der Waals surface area contributed by atoms with E-state index in [0.717, 1.165) is 10.9 Å². The second kappa shape index (κ2) is 5.58. The maximum Gasteiger partial charge on any atom is 0.291 e. The molecule has 3 rings (SSSR count). The fourth-order valence-electron chi connectivity index (χ4n) is 2.18. The average Bonchev–Trinajstić information content (AvgIpc) is 2.99. The second-order valence-corrected chi connectivity index (χ2v) is 5.46. The summed E-state index contributed by atoms with van der Waals surface area (Å²) < 4.78 is 3.04. The molecule has 0 unspecified atom stereocenters. The second-order valence-electron chi connectivity index (χ2n) is 4.71. The van der Waals surface area contributed by atoms with Crippen LogP contribution in [0.2, 0.25) is 10.3 Å². The molecule has 0 aliphatic heterocycles. The minimum absolute atomic E-state index is 0.0128. The number of aromatic nitrogens is 5. The summed E-state index contributed by atoms with van der Waals surface area (Å²) in [5.74, 6) is -0.410. The van der Waals surface area contributed by atoms with Crippen LogP contribution in [-0.4, -0.2) is 30.5 Å². The largest absolute Gasteiger partial charge is 0.344 e. The Morgan fingerprint density at radius 3 is 2.68 bits per heavy atom. The van der Waals surface area contributed by atoms with Gasteiger partial charge in [0.1, 0.15) is 0 Å². The number of nitrogens with one attached hydrogen (secondary N) is 1. The number of amides is 1. The quantitative estimate of drug-likeness (QED) is 0.791. The number of carbonyl (C=O) groups excluding carboxylic acids is 1. The maximum absolute atomic E-state index is 12.0. The lowest BCUT2D eigenvalue weighted by Crippen LogP contribution is -2.24. The first-order valence-corrected chi connectivity index (χ1v) is 7.18. The van der Waals surface area contributed by atoms with Crippen LogP contribution in [0.15, 0.2) is 18.2 Å². The zero-order valence-electron chi connectivity index (χ0n) is 11.8. The van der Waals surface area contributed by atoms with Crippen LogP contribution >= 0.6 is 23.2 Å². The summed E-state index contributed by atoms with van der Waals surface area (Å²) >= 11 is 12.0. The van der Waals surface area contributed by atoms with Gasteiger partial charge in [-0.2, -0.15) is 10.1 Å². The van der Waals surface area contributed by atoms with Crippen molar-refractivity contribution in [2.45, 2.75) is 6.54 Å². The fourth-order valence-corrected chi connectivity index (χ4v) is 2.58. The summed E-state index contributed by atoms with van der Waals surface area (Å²) in [4.78, 5) is 15.9. The van der Waals surface area contributed by atoms with Crippen molar-refractivity contribution >= 4 is 40.0 Å². The lowest BCUT2D eigenvalue weighted by Gasteiger charge is -2.01. The van der Waals surface area contributed by atoms with E-state index in [4.69, 9.17) is 23.2 Å². The Bertz CT molecular complexity index is 849. The Balaban J connectivity index is 1.84. The number of fused-ring (bicyclic) bond motifs is 1. The topological polar surface area (TPSA) is 77.6 Å². The number of benzene rings is 1. The highest BCUT2D eigenvalue weighted by atomic mass is 35.5. The molecule has 2 heterocycles. The lowest BCUT2D eigenvalue weighted by atomic mass is 10.2. The van der Waals surface area contributed by atoms with Crippen LogP contribution in [0.5, 0.6) is 0 Å². The van der Waals surface area contributed by atoms with E-state index in [-0.39, 0.29) is 17.7 Å². The molecule has 7 nitrogen and oxygen atoms in total. The summed E-state index contributed by atoms with van der Waals surface area (Å²) in [6.45, 7) is 0.218. The number of rotatable bonds is 3. The molecule has 0 saturated heterocycles. The number of carbonyl (C=O) groups is 1. The van der Waals surface area contributed by atoms with Crippen molar-refractivity contribution < 1.29 is 4.79 Å². The molecule has 3 aromatic rings. The Kier molecular flexibility index (Phi) is 3.76. The smallest absolute Gasteiger partial charge is 0.291 e. The van der Waals surface area contributed by atoms with E-state index < -0.39 is 5.91 Å². The first-order chi connectivity index (χ1) is 10.5. The van der Waals surface area contributed by atoms with Gasteiger partial charge >= 0.3 is 0 Å². The molecule has 114 valence electrons. The van der Waals surface area contributed by atoms with E-state index in [9.17, 15) is 4.79 Å². The molecule has 1 aromatic carbocycles. The van der Waals surface area contributed by atoms with Crippen LogP contribution < -0.4 is 5.32 Å². The first kappa shape index (κ1) is 14.8. The molecule has 9 heteroatoms. The summed E-state index contributed by atoms with van der Waals surface area (Å²) in [6.07, 6.45) is 0. The van der Waals surface area contributed by atoms with Gasteiger partial charge in [0.05, 0.1) is 22.8 Å². The van der Waals surface area contributed by atoms with Crippen molar-refractivity contribution in [2.24, 2.45) is 14.1 Å². The van der Waals surface area contributed by atoms with Gasteiger partial charge in [-0.1, -0.05) is 17.7 Å². The average molecular weight is 339 g/mol. The third-order valence-electron chi connectivity index (χ3n) is 3.23. The van der Waals surface area contributed by atoms with Gasteiger partial charge < -0.3 is 5.32 Å². The molecular weight excluding hydrogens is 327 g/mol. The number of aryl methyl sites for hydroxylation is 2. The van der Waals surface area contributed by atoms with Crippen LogP contribution in [-0.2, 0) is 20.6 Å². The third kappa shape index (κ3) is 2.53. The summed E-state index contributed by atoms with van der Waals surface area (Å²) in [7, 11) is 3.43. The van der Waals surface area contributed by atoms with Crippen LogP contribution in [0.25, 0.3) is 10.9 Å². The van der Waals surface area contributed by atoms with Gasteiger partial charge in [0, 0.05) is 19.5 Å². The third-order valence-corrected chi connectivity index (χ3v) is 3.87. The van der Waals surface area contributed by atoms with Gasteiger partial charge in [0.15, 0.2) is 0 Å². The van der Waals surface area contributed by atoms with E-state index in [2.05, 4.69) is 20.5 Å². The van der Waals surface area contributed by atoms with Gasteiger partial charge in [-0.25, -0.2) is 4.68 Å². The maximum atomic E-state index is 12.0. The van der Waals surface area contributed by atoms with Crippen LogP contribution in [0.1, 0.15) is 16.3 Å². The number of hydrogen-bond acceptors (Lipinski definition) is 4. The zero-order valence-corrected chi connectivity index (χ0v) is 13.4.